The number of amides is 2. The number of nitrogens with one attached hydrogen (secondary N) is 1. The van der Waals surface area contributed by atoms with Crippen LogP contribution in [0.4, 0.5) is 0 Å². The smallest absolute Gasteiger partial charge is 0.255 e. The Balaban J connectivity index is 1.04. The van der Waals surface area contributed by atoms with Crippen molar-refractivity contribution in [1.29, 1.82) is 0 Å². The first-order valence-electron chi connectivity index (χ1n) is 14.4. The maximum absolute atomic E-state index is 13.1. The number of carbonyl (C=O) groups is 2. The molecule has 2 aromatic heterocycles. The van der Waals surface area contributed by atoms with Crippen LogP contribution >= 0.6 is 0 Å². The summed E-state index contributed by atoms with van der Waals surface area (Å²) in [6.45, 7) is 3.43. The van der Waals surface area contributed by atoms with E-state index in [1.54, 1.807) is 49.0 Å². The first-order chi connectivity index (χ1) is 20.5. The Morgan fingerprint density at radius 1 is 1.07 bits per heavy atom. The summed E-state index contributed by atoms with van der Waals surface area (Å²) in [6, 6.07) is 16.6. The highest BCUT2D eigenvalue weighted by molar-refractivity contribution is 6.01. The van der Waals surface area contributed by atoms with Crippen LogP contribution in [-0.2, 0) is 6.61 Å². The van der Waals surface area contributed by atoms with Gasteiger partial charge in [0.15, 0.2) is 0 Å². The minimum Gasteiger partial charge on any atom is -0.490 e. The van der Waals surface area contributed by atoms with E-state index in [1.807, 2.05) is 36.4 Å². The molecule has 2 aliphatic carbocycles. The number of hydrogen-bond acceptors (Lipinski definition) is 7. The molecule has 5 N–H and O–H groups in total. The molecule has 0 aliphatic heterocycles. The predicted octanol–water partition coefficient (Wildman–Crippen LogP) is 3.86. The number of aromatic nitrogens is 2. The van der Waals surface area contributed by atoms with Crippen LogP contribution in [0.5, 0.6) is 11.5 Å². The number of aliphatic hydroxyl groups is 2. The summed E-state index contributed by atoms with van der Waals surface area (Å²) in [7, 11) is 0. The second-order valence-electron chi connectivity index (χ2n) is 12.5. The highest BCUT2D eigenvalue weighted by Gasteiger charge is 2.54. The van der Waals surface area contributed by atoms with Crippen LogP contribution in [0.15, 0.2) is 67.0 Å². The lowest BCUT2D eigenvalue weighted by Crippen LogP contribution is -2.58. The van der Waals surface area contributed by atoms with Gasteiger partial charge in [0, 0.05) is 6.04 Å². The number of ether oxygens (including phenoxy) is 2. The lowest BCUT2D eigenvalue weighted by atomic mass is 9.53. The topological polar surface area (TPSA) is 148 Å². The molecule has 4 aromatic rings. The molecule has 0 unspecified atom stereocenters. The van der Waals surface area contributed by atoms with Crippen LogP contribution in [0, 0.1) is 5.41 Å². The number of rotatable bonds is 10. The summed E-state index contributed by atoms with van der Waals surface area (Å²) >= 11 is 0. The van der Waals surface area contributed by atoms with Gasteiger partial charge in [-0.3, -0.25) is 9.59 Å². The molecule has 0 atom stereocenters. The number of hydrogen-bond donors (Lipinski definition) is 4. The molecule has 10 nitrogen and oxygen atoms in total. The molecule has 224 valence electrons. The summed E-state index contributed by atoms with van der Waals surface area (Å²) < 4.78 is 13.5. The van der Waals surface area contributed by atoms with Crippen LogP contribution in [0.2, 0.25) is 0 Å². The average Bonchev–Trinajstić information content (AvgIpc) is 3.36. The third-order valence-corrected chi connectivity index (χ3v) is 8.32. The zero-order valence-electron chi connectivity index (χ0n) is 24.2. The predicted molar refractivity (Wildman–Crippen MR) is 160 cm³/mol. The minimum atomic E-state index is -0.956. The molecule has 10 heteroatoms. The maximum Gasteiger partial charge on any atom is 0.255 e. The lowest BCUT2D eigenvalue weighted by Gasteiger charge is -2.57. The molecule has 2 aromatic carbocycles. The quantitative estimate of drug-likeness (QED) is 0.221. The normalized spacial score (nSPS) is 21.2. The van der Waals surface area contributed by atoms with E-state index in [1.165, 1.54) is 0 Å². The van der Waals surface area contributed by atoms with E-state index in [9.17, 15) is 19.8 Å². The van der Waals surface area contributed by atoms with Gasteiger partial charge in [-0.2, -0.15) is 5.10 Å². The van der Waals surface area contributed by atoms with Gasteiger partial charge in [0.25, 0.3) is 11.8 Å². The van der Waals surface area contributed by atoms with E-state index in [-0.39, 0.29) is 36.7 Å². The fraction of sp³-hybridized carbons (Fsp3) is 0.364. The number of aliphatic hydroxyl groups excluding tert-OH is 1. The Kier molecular flexibility index (Phi) is 7.35. The van der Waals surface area contributed by atoms with Crippen molar-refractivity contribution in [3.05, 3.63) is 83.7 Å². The van der Waals surface area contributed by atoms with Crippen molar-refractivity contribution >= 4 is 17.3 Å². The number of fused-ring (bicyclic) bond motifs is 1. The van der Waals surface area contributed by atoms with Crippen molar-refractivity contribution < 1.29 is 29.3 Å². The van der Waals surface area contributed by atoms with E-state index in [4.69, 9.17) is 15.2 Å². The molecule has 43 heavy (non-hydrogen) atoms. The molecular weight excluding hydrogens is 548 g/mol. The SMILES string of the molecule is CC(C)(O)COc1ccc2c(C(=O)NC3CC4(C3)CC(Oc3cc(-c5cccc(CO)c5)ccc3C(N)=O)C4)cnn2c1. The van der Waals surface area contributed by atoms with Crippen molar-refractivity contribution in [3.63, 3.8) is 0 Å². The molecule has 2 saturated carbocycles. The van der Waals surface area contributed by atoms with Crippen molar-refractivity contribution in [2.45, 2.75) is 63.9 Å². The zero-order valence-corrected chi connectivity index (χ0v) is 24.2. The average molecular weight is 585 g/mol. The Morgan fingerprint density at radius 2 is 1.84 bits per heavy atom. The lowest BCUT2D eigenvalue weighted by molar-refractivity contribution is -0.0834. The van der Waals surface area contributed by atoms with Gasteiger partial charge in [-0.15, -0.1) is 0 Å². The molecule has 2 fully saturated rings. The third-order valence-electron chi connectivity index (χ3n) is 8.32. The number of nitrogens with two attached hydrogens (primary N) is 1. The van der Waals surface area contributed by atoms with E-state index in [0.29, 0.717) is 28.1 Å². The van der Waals surface area contributed by atoms with Crippen LogP contribution < -0.4 is 20.5 Å². The zero-order chi connectivity index (χ0) is 30.4. The monoisotopic (exact) mass is 584 g/mol. The second kappa shape index (κ2) is 11.0. The van der Waals surface area contributed by atoms with Crippen molar-refractivity contribution in [1.82, 2.24) is 14.9 Å². The molecule has 0 radical (unpaired) electrons. The fourth-order valence-electron chi connectivity index (χ4n) is 6.19. The Bertz CT molecular complexity index is 1680. The summed E-state index contributed by atoms with van der Waals surface area (Å²) in [4.78, 5) is 25.2. The Hall–Kier alpha value is -4.41. The first-order valence-corrected chi connectivity index (χ1v) is 14.4. The number of nitrogens with zero attached hydrogens (tertiary/aromatic N) is 2. The van der Waals surface area contributed by atoms with Gasteiger partial charge >= 0.3 is 0 Å². The van der Waals surface area contributed by atoms with Crippen LogP contribution in [0.3, 0.4) is 0 Å². The third kappa shape index (κ3) is 6.07. The first kappa shape index (κ1) is 28.7. The summed E-state index contributed by atoms with van der Waals surface area (Å²) in [5.41, 5.74) is 8.91. The second-order valence-corrected chi connectivity index (χ2v) is 12.5. The van der Waals surface area contributed by atoms with E-state index in [2.05, 4.69) is 10.4 Å². The molecule has 1 spiro atoms. The van der Waals surface area contributed by atoms with Crippen molar-refractivity contribution in [2.75, 3.05) is 6.61 Å². The highest BCUT2D eigenvalue weighted by Crippen LogP contribution is 2.57. The minimum absolute atomic E-state index is 0.0405. The fourth-order valence-corrected chi connectivity index (χ4v) is 6.19. The largest absolute Gasteiger partial charge is 0.490 e. The molecule has 0 saturated heterocycles. The Labute approximate surface area is 249 Å². The number of carbonyl (C=O) groups excluding carboxylic acids is 2. The summed E-state index contributed by atoms with van der Waals surface area (Å²) in [5, 5.41) is 26.8. The van der Waals surface area contributed by atoms with Gasteiger partial charge in [0.1, 0.15) is 18.1 Å². The van der Waals surface area contributed by atoms with Gasteiger partial charge in [0.2, 0.25) is 0 Å². The van der Waals surface area contributed by atoms with Crippen LogP contribution in [0.25, 0.3) is 16.6 Å². The van der Waals surface area contributed by atoms with Gasteiger partial charge in [-0.05, 0) is 92.0 Å². The summed E-state index contributed by atoms with van der Waals surface area (Å²) in [6.07, 6.45) is 6.61. The number of primary amides is 1. The molecule has 6 rings (SSSR count). The van der Waals surface area contributed by atoms with Crippen LogP contribution in [-0.4, -0.2) is 56.0 Å². The standard InChI is InChI=1S/C33H36N4O6/c1-32(2,41)19-42-24-7-9-28-27(16-35-37(28)17-24)31(40)36-23-12-33(13-23)14-25(15-33)43-29-11-22(6-8-26(29)30(34)39)21-5-3-4-20(10-21)18-38/h3-11,16-17,23,25,38,41H,12-15,18-19H2,1-2H3,(H2,34,39)(H,36,40). The van der Waals surface area contributed by atoms with Gasteiger partial charge in [-0.1, -0.05) is 24.3 Å². The van der Waals surface area contributed by atoms with Gasteiger partial charge < -0.3 is 30.7 Å². The van der Waals surface area contributed by atoms with Gasteiger partial charge in [-0.25, -0.2) is 4.52 Å². The Morgan fingerprint density at radius 3 is 2.56 bits per heavy atom. The van der Waals surface area contributed by atoms with E-state index < -0.39 is 11.5 Å². The highest BCUT2D eigenvalue weighted by atomic mass is 16.5. The van der Waals surface area contributed by atoms with E-state index >= 15 is 0 Å². The molecular formula is C33H36N4O6. The maximum atomic E-state index is 13.1. The van der Waals surface area contributed by atoms with Gasteiger partial charge in [0.05, 0.1) is 47.3 Å². The molecule has 2 aliphatic rings. The molecule has 2 amide bonds. The van der Waals surface area contributed by atoms with Crippen molar-refractivity contribution in [3.8, 4) is 22.6 Å². The molecule has 2 heterocycles. The van der Waals surface area contributed by atoms with E-state index in [0.717, 1.165) is 42.4 Å². The number of benzene rings is 2. The summed E-state index contributed by atoms with van der Waals surface area (Å²) in [5.74, 6) is 0.306. The number of pyridine rings is 1. The van der Waals surface area contributed by atoms with Crippen LogP contribution in [0.1, 0.15) is 65.8 Å². The van der Waals surface area contributed by atoms with Crippen molar-refractivity contribution in [2.24, 2.45) is 11.1 Å². The molecule has 0 bridgehead atoms.